The van der Waals surface area contributed by atoms with Gasteiger partial charge in [-0.05, 0) is 85.4 Å². The quantitative estimate of drug-likeness (QED) is 0.347. The largest absolute Gasteiger partial charge is 0.493 e. The Morgan fingerprint density at radius 3 is 2.44 bits per heavy atom. The number of nitrogens with zero attached hydrogens (tertiary/aromatic N) is 2. The highest BCUT2D eigenvalue weighted by molar-refractivity contribution is 9.10. The molecule has 2 saturated carbocycles. The smallest absolute Gasteiger partial charge is 0.305 e. The van der Waals surface area contributed by atoms with Gasteiger partial charge in [0.25, 0.3) is 5.91 Å². The molecule has 1 N–H and O–H groups in total. The summed E-state index contributed by atoms with van der Waals surface area (Å²) in [5, 5.41) is 0.943. The number of carbonyl (C=O) groups is 3. The number of thioether (sulfide) groups is 1. The standard InChI is InChI=1S/C33H32BrN3O6S2/c1-42-22-13-16(5-10-21(22)43-15-23(38)36-11-3-2-4-12-36)24-25-19-14-20(28(25)44-30-29(24)45-33(41)35-30)27-26(19)31(39)37(32(27)40)18-8-6-17(34)7-9-18/h5-10,13,19-20,24-28H,2-4,11-12,14-15H2,1H3,(H,35,41)/t19-,20-,24-,25?,26?,27?,28?/m1/s1. The van der Waals surface area contributed by atoms with Gasteiger partial charge < -0.3 is 19.4 Å². The molecular weight excluding hydrogens is 678 g/mol. The summed E-state index contributed by atoms with van der Waals surface area (Å²) in [5.41, 5.74) is 1.58. The number of piperidine rings is 1. The summed E-state index contributed by atoms with van der Waals surface area (Å²) in [7, 11) is 1.58. The molecule has 12 heteroatoms. The average molecular weight is 711 g/mol. The Hall–Kier alpha value is -3.09. The monoisotopic (exact) mass is 709 g/mol. The maximum atomic E-state index is 14.0. The molecule has 8 rings (SSSR count). The minimum Gasteiger partial charge on any atom is -0.493 e. The molecule has 2 bridgehead atoms. The third-order valence-electron chi connectivity index (χ3n) is 10.4. The van der Waals surface area contributed by atoms with E-state index in [-0.39, 0.29) is 70.0 Å². The summed E-state index contributed by atoms with van der Waals surface area (Å²) < 4.78 is 12.6. The third-order valence-corrected chi connectivity index (χ3v) is 13.5. The van der Waals surface area contributed by atoms with Gasteiger partial charge in [0.15, 0.2) is 18.1 Å². The first-order valence-corrected chi connectivity index (χ1v) is 17.9. The van der Waals surface area contributed by atoms with Crippen molar-refractivity contribution < 1.29 is 23.9 Å². The van der Waals surface area contributed by atoms with Gasteiger partial charge in [-0.3, -0.25) is 24.1 Å². The summed E-state index contributed by atoms with van der Waals surface area (Å²) in [6, 6.07) is 13.1. The average Bonchev–Trinajstić information content (AvgIpc) is 3.79. The molecule has 3 aliphatic heterocycles. The number of ether oxygens (including phenoxy) is 2. The van der Waals surface area contributed by atoms with Gasteiger partial charge in [0.2, 0.25) is 11.8 Å². The third kappa shape index (κ3) is 4.69. The number of nitrogens with one attached hydrogen (secondary N) is 1. The number of anilines is 1. The molecule has 4 heterocycles. The summed E-state index contributed by atoms with van der Waals surface area (Å²) in [4.78, 5) is 60.4. The molecule has 5 aliphatic rings. The van der Waals surface area contributed by atoms with Crippen molar-refractivity contribution in [3.05, 3.63) is 67.0 Å². The molecule has 0 spiro atoms. The van der Waals surface area contributed by atoms with Crippen LogP contribution in [0, 0.1) is 29.6 Å². The molecule has 2 saturated heterocycles. The topological polar surface area (TPSA) is 109 Å². The number of benzene rings is 2. The summed E-state index contributed by atoms with van der Waals surface area (Å²) >= 11 is 6.33. The van der Waals surface area contributed by atoms with Crippen LogP contribution in [-0.4, -0.2) is 59.7 Å². The van der Waals surface area contributed by atoms with Crippen LogP contribution in [0.4, 0.5) is 5.69 Å². The number of amides is 3. The molecule has 234 valence electrons. The molecule has 2 aromatic carbocycles. The number of likely N-dealkylation sites (tertiary alicyclic amines) is 1. The van der Waals surface area contributed by atoms with Gasteiger partial charge in [-0.2, -0.15) is 0 Å². The zero-order chi connectivity index (χ0) is 31.0. The molecule has 4 unspecified atom stereocenters. The summed E-state index contributed by atoms with van der Waals surface area (Å²) in [6.45, 7) is 1.48. The molecule has 7 atom stereocenters. The van der Waals surface area contributed by atoms with E-state index in [1.54, 1.807) is 18.9 Å². The fraction of sp³-hybridized carbons (Fsp3) is 0.455. The number of fused-ring (bicyclic) bond motifs is 9. The number of hydrogen-bond donors (Lipinski definition) is 1. The van der Waals surface area contributed by atoms with E-state index in [1.165, 1.54) is 16.2 Å². The highest BCUT2D eigenvalue weighted by Gasteiger charge is 2.69. The number of H-pyrrole nitrogens is 1. The number of methoxy groups -OCH3 is 1. The van der Waals surface area contributed by atoms with E-state index in [0.717, 1.165) is 58.7 Å². The SMILES string of the molecule is COc1cc([C@H]2c3sc(=O)[nH]c3SC3C2[C@H]2C[C@@H]3C3C(=O)N(c4ccc(Br)cc4)C(=O)C32)ccc1OCC(=O)N1CCCCC1. The van der Waals surface area contributed by atoms with E-state index >= 15 is 0 Å². The van der Waals surface area contributed by atoms with Gasteiger partial charge in [-0.15, -0.1) is 11.8 Å². The maximum absolute atomic E-state index is 14.0. The molecule has 1 aromatic heterocycles. The Morgan fingerprint density at radius 2 is 1.71 bits per heavy atom. The van der Waals surface area contributed by atoms with Crippen LogP contribution in [-0.2, 0) is 14.4 Å². The van der Waals surface area contributed by atoms with Crippen LogP contribution in [0.2, 0.25) is 0 Å². The molecule has 2 aliphatic carbocycles. The molecule has 3 amide bonds. The lowest BCUT2D eigenvalue weighted by atomic mass is 9.68. The zero-order valence-corrected chi connectivity index (χ0v) is 27.8. The van der Waals surface area contributed by atoms with Crippen LogP contribution in [0.25, 0.3) is 0 Å². The van der Waals surface area contributed by atoms with E-state index < -0.39 is 0 Å². The first-order valence-electron chi connectivity index (χ1n) is 15.5. The number of rotatable bonds is 6. The first kappa shape index (κ1) is 29.3. The molecule has 45 heavy (non-hydrogen) atoms. The molecule has 9 nitrogen and oxygen atoms in total. The minimum atomic E-state index is -0.377. The highest BCUT2D eigenvalue weighted by Crippen LogP contribution is 2.68. The van der Waals surface area contributed by atoms with E-state index in [9.17, 15) is 19.2 Å². The molecule has 3 aromatic rings. The molecule has 0 radical (unpaired) electrons. The summed E-state index contributed by atoms with van der Waals surface area (Å²) in [5.74, 6) is 0.000501. The van der Waals surface area contributed by atoms with Crippen molar-refractivity contribution in [1.82, 2.24) is 9.88 Å². The van der Waals surface area contributed by atoms with Crippen LogP contribution >= 0.6 is 39.0 Å². The second kappa shape index (κ2) is 11.3. The van der Waals surface area contributed by atoms with Gasteiger partial charge >= 0.3 is 4.87 Å². The van der Waals surface area contributed by atoms with Crippen LogP contribution in [0.15, 0.2) is 56.8 Å². The van der Waals surface area contributed by atoms with Crippen molar-refractivity contribution in [3.63, 3.8) is 0 Å². The number of aromatic nitrogens is 1. The number of halogens is 1. The Morgan fingerprint density at radius 1 is 0.978 bits per heavy atom. The predicted molar refractivity (Wildman–Crippen MR) is 174 cm³/mol. The van der Waals surface area contributed by atoms with Crippen LogP contribution in [0.1, 0.15) is 42.0 Å². The van der Waals surface area contributed by atoms with Crippen LogP contribution < -0.4 is 19.2 Å². The van der Waals surface area contributed by atoms with Gasteiger partial charge in [-0.1, -0.05) is 33.3 Å². The Kier molecular flexibility index (Phi) is 7.37. The van der Waals surface area contributed by atoms with Crippen molar-refractivity contribution >= 4 is 62.4 Å². The number of imide groups is 1. The first-order chi connectivity index (χ1) is 21.8. The van der Waals surface area contributed by atoms with E-state index in [1.807, 2.05) is 47.4 Å². The van der Waals surface area contributed by atoms with Gasteiger partial charge in [0, 0.05) is 33.6 Å². The lowest BCUT2D eigenvalue weighted by Crippen LogP contribution is -2.42. The minimum absolute atomic E-state index is 0.00818. The van der Waals surface area contributed by atoms with Crippen molar-refractivity contribution in [3.8, 4) is 11.5 Å². The van der Waals surface area contributed by atoms with Gasteiger partial charge in [-0.25, -0.2) is 0 Å². The van der Waals surface area contributed by atoms with E-state index in [2.05, 4.69) is 20.9 Å². The van der Waals surface area contributed by atoms with E-state index in [0.29, 0.717) is 17.2 Å². The van der Waals surface area contributed by atoms with Crippen molar-refractivity contribution in [2.45, 2.75) is 41.9 Å². The second-order valence-electron chi connectivity index (χ2n) is 12.6. The van der Waals surface area contributed by atoms with Crippen LogP contribution in [0.3, 0.4) is 0 Å². The highest BCUT2D eigenvalue weighted by atomic mass is 79.9. The number of thiazole rings is 1. The lowest BCUT2D eigenvalue weighted by Gasteiger charge is -2.43. The van der Waals surface area contributed by atoms with Crippen molar-refractivity contribution in [1.29, 1.82) is 0 Å². The second-order valence-corrected chi connectivity index (χ2v) is 15.7. The Bertz CT molecular complexity index is 1750. The molecule has 4 fully saturated rings. The molecular formula is C33H32BrN3O6S2. The van der Waals surface area contributed by atoms with Gasteiger partial charge in [0.05, 0.1) is 29.7 Å². The normalized spacial score (nSPS) is 29.9. The van der Waals surface area contributed by atoms with Crippen molar-refractivity contribution in [2.75, 3.05) is 31.7 Å². The van der Waals surface area contributed by atoms with Crippen molar-refractivity contribution in [2.24, 2.45) is 29.6 Å². The summed E-state index contributed by atoms with van der Waals surface area (Å²) in [6.07, 6.45) is 4.00. The van der Waals surface area contributed by atoms with Crippen LogP contribution in [0.5, 0.6) is 11.5 Å². The predicted octanol–water partition coefficient (Wildman–Crippen LogP) is 5.28. The van der Waals surface area contributed by atoms with Gasteiger partial charge in [0.1, 0.15) is 0 Å². The number of hydrogen-bond acceptors (Lipinski definition) is 8. The number of carbonyl (C=O) groups excluding carboxylic acids is 3. The maximum Gasteiger partial charge on any atom is 0.305 e. The Labute approximate surface area is 276 Å². The zero-order valence-electron chi connectivity index (χ0n) is 24.6. The number of aromatic amines is 1. The Balaban J connectivity index is 1.11. The fourth-order valence-electron chi connectivity index (χ4n) is 8.61. The fourth-order valence-corrected chi connectivity index (χ4v) is 11.8. The van der Waals surface area contributed by atoms with E-state index in [4.69, 9.17) is 9.47 Å². The lowest BCUT2D eigenvalue weighted by molar-refractivity contribution is -0.134.